The number of aromatic nitrogens is 1. The Kier molecular flexibility index (Phi) is 3.85. The van der Waals surface area contributed by atoms with Gasteiger partial charge in [0.05, 0.1) is 12.2 Å². The smallest absolute Gasteiger partial charge is 0.325 e. The van der Waals surface area contributed by atoms with Crippen LogP contribution >= 0.6 is 0 Å². The molecule has 1 heterocycles. The molecule has 0 spiro atoms. The van der Waals surface area contributed by atoms with Crippen LogP contribution in [0.4, 0.5) is 0 Å². The van der Waals surface area contributed by atoms with Gasteiger partial charge in [0.15, 0.2) is 0 Å². The van der Waals surface area contributed by atoms with Crippen molar-refractivity contribution in [3.8, 4) is 0 Å². The Hall–Kier alpha value is -2.30. The summed E-state index contributed by atoms with van der Waals surface area (Å²) in [5.41, 5.74) is 2.25. The molecule has 0 bridgehead atoms. The van der Waals surface area contributed by atoms with E-state index in [0.29, 0.717) is 12.2 Å². The number of esters is 1. The third-order valence-corrected chi connectivity index (χ3v) is 2.82. The second-order valence-corrected chi connectivity index (χ2v) is 4.16. The van der Waals surface area contributed by atoms with Crippen molar-refractivity contribution in [2.45, 2.75) is 13.8 Å². The summed E-state index contributed by atoms with van der Waals surface area (Å²) in [5.74, 6) is -0.712. The molecule has 0 unspecified atom stereocenters. The molecule has 0 saturated heterocycles. The number of rotatable bonds is 4. The van der Waals surface area contributed by atoms with Gasteiger partial charge in [-0.15, -0.1) is 0 Å². The maximum atomic E-state index is 12.1. The molecule has 0 radical (unpaired) electrons. The fourth-order valence-corrected chi connectivity index (χ4v) is 2.02. The number of H-pyrrole nitrogens is 1. The molecule has 0 saturated carbocycles. The quantitative estimate of drug-likeness (QED) is 0.823. The Morgan fingerprint density at radius 3 is 2.79 bits per heavy atom. The highest BCUT2D eigenvalue weighted by molar-refractivity contribution is 6.08. The molecule has 0 atom stereocenters. The number of fused-ring (bicyclic) bond motifs is 1. The van der Waals surface area contributed by atoms with E-state index in [1.165, 1.54) is 0 Å². The molecular formula is C14H16N2O3. The van der Waals surface area contributed by atoms with E-state index in [4.69, 9.17) is 4.74 Å². The Balaban J connectivity index is 2.17. The van der Waals surface area contributed by atoms with Gasteiger partial charge < -0.3 is 15.0 Å². The Morgan fingerprint density at radius 1 is 1.32 bits per heavy atom. The summed E-state index contributed by atoms with van der Waals surface area (Å²) in [6.07, 6.45) is 0. The lowest BCUT2D eigenvalue weighted by molar-refractivity contribution is -0.141. The molecule has 2 N–H and O–H groups in total. The molecular weight excluding hydrogens is 244 g/mol. The largest absolute Gasteiger partial charge is 0.465 e. The van der Waals surface area contributed by atoms with E-state index in [2.05, 4.69) is 10.3 Å². The number of ether oxygens (including phenoxy) is 1. The third kappa shape index (κ3) is 2.76. The van der Waals surface area contributed by atoms with Gasteiger partial charge in [-0.3, -0.25) is 9.59 Å². The lowest BCUT2D eigenvalue weighted by atomic mass is 10.1. The number of hydrogen-bond acceptors (Lipinski definition) is 3. The van der Waals surface area contributed by atoms with Crippen molar-refractivity contribution in [2.24, 2.45) is 0 Å². The topological polar surface area (TPSA) is 71.2 Å². The number of carbonyl (C=O) groups is 2. The second-order valence-electron chi connectivity index (χ2n) is 4.16. The Labute approximate surface area is 110 Å². The van der Waals surface area contributed by atoms with E-state index in [1.54, 1.807) is 6.92 Å². The molecule has 0 aliphatic rings. The summed E-state index contributed by atoms with van der Waals surface area (Å²) < 4.78 is 4.77. The van der Waals surface area contributed by atoms with E-state index in [9.17, 15) is 9.59 Å². The van der Waals surface area contributed by atoms with E-state index in [-0.39, 0.29) is 12.5 Å². The summed E-state index contributed by atoms with van der Waals surface area (Å²) in [4.78, 5) is 26.5. The minimum atomic E-state index is -0.437. The van der Waals surface area contributed by atoms with E-state index in [0.717, 1.165) is 16.6 Å². The fraction of sp³-hybridized carbons (Fsp3) is 0.286. The maximum absolute atomic E-state index is 12.1. The molecule has 5 heteroatoms. The fourth-order valence-electron chi connectivity index (χ4n) is 2.02. The van der Waals surface area contributed by atoms with Crippen LogP contribution in [0.2, 0.25) is 0 Å². The van der Waals surface area contributed by atoms with Crippen LogP contribution in [0.25, 0.3) is 10.9 Å². The van der Waals surface area contributed by atoms with E-state index in [1.807, 2.05) is 31.2 Å². The molecule has 100 valence electrons. The molecule has 5 nitrogen and oxygen atoms in total. The van der Waals surface area contributed by atoms with Gasteiger partial charge >= 0.3 is 5.97 Å². The monoisotopic (exact) mass is 260 g/mol. The molecule has 1 amide bonds. The number of aryl methyl sites for hydroxylation is 1. The van der Waals surface area contributed by atoms with Crippen molar-refractivity contribution in [3.63, 3.8) is 0 Å². The van der Waals surface area contributed by atoms with E-state index < -0.39 is 5.97 Å². The van der Waals surface area contributed by atoms with Crippen molar-refractivity contribution in [3.05, 3.63) is 35.5 Å². The summed E-state index contributed by atoms with van der Waals surface area (Å²) in [6, 6.07) is 7.55. The van der Waals surface area contributed by atoms with Gasteiger partial charge in [0.1, 0.15) is 6.54 Å². The van der Waals surface area contributed by atoms with Crippen LogP contribution in [0.3, 0.4) is 0 Å². The molecule has 0 fully saturated rings. The predicted molar refractivity (Wildman–Crippen MR) is 72.0 cm³/mol. The second kappa shape index (κ2) is 5.56. The molecule has 1 aromatic carbocycles. The summed E-state index contributed by atoms with van der Waals surface area (Å²) in [5, 5.41) is 3.42. The number of benzene rings is 1. The minimum Gasteiger partial charge on any atom is -0.465 e. The van der Waals surface area contributed by atoms with Gasteiger partial charge in [-0.25, -0.2) is 0 Å². The van der Waals surface area contributed by atoms with Crippen molar-refractivity contribution >= 4 is 22.8 Å². The van der Waals surface area contributed by atoms with Crippen LogP contribution < -0.4 is 5.32 Å². The lowest BCUT2D eigenvalue weighted by Gasteiger charge is -2.05. The zero-order valence-electron chi connectivity index (χ0n) is 10.9. The Morgan fingerprint density at radius 2 is 2.05 bits per heavy atom. The first-order valence-corrected chi connectivity index (χ1v) is 6.14. The van der Waals surface area contributed by atoms with Crippen molar-refractivity contribution < 1.29 is 14.3 Å². The minimum absolute atomic E-state index is 0.119. The zero-order chi connectivity index (χ0) is 13.8. The summed E-state index contributed by atoms with van der Waals surface area (Å²) in [6.45, 7) is 3.75. The van der Waals surface area contributed by atoms with Gasteiger partial charge in [0.25, 0.3) is 5.91 Å². The third-order valence-electron chi connectivity index (χ3n) is 2.82. The van der Waals surface area contributed by atoms with Crippen molar-refractivity contribution in [1.29, 1.82) is 0 Å². The standard InChI is InChI=1S/C14H16N2O3/c1-3-19-12(17)8-15-14(18)13-9(2)16-11-7-5-4-6-10(11)13/h4-7,16H,3,8H2,1-2H3,(H,15,18). The molecule has 2 rings (SSSR count). The SMILES string of the molecule is CCOC(=O)CNC(=O)c1c(C)[nH]c2ccccc12. The highest BCUT2D eigenvalue weighted by Crippen LogP contribution is 2.21. The van der Waals surface area contributed by atoms with Crippen molar-refractivity contribution in [1.82, 2.24) is 10.3 Å². The highest BCUT2D eigenvalue weighted by atomic mass is 16.5. The van der Waals surface area contributed by atoms with Gasteiger partial charge in [-0.05, 0) is 19.9 Å². The first kappa shape index (κ1) is 13.1. The summed E-state index contributed by atoms with van der Waals surface area (Å²) >= 11 is 0. The van der Waals surface area contributed by atoms with Crippen LogP contribution in [0.1, 0.15) is 23.0 Å². The number of carbonyl (C=O) groups excluding carboxylic acids is 2. The molecule has 0 aliphatic heterocycles. The average molecular weight is 260 g/mol. The maximum Gasteiger partial charge on any atom is 0.325 e. The molecule has 1 aromatic heterocycles. The van der Waals surface area contributed by atoms with E-state index >= 15 is 0 Å². The van der Waals surface area contributed by atoms with Crippen molar-refractivity contribution in [2.75, 3.05) is 13.2 Å². The first-order chi connectivity index (χ1) is 9.13. The molecule has 19 heavy (non-hydrogen) atoms. The zero-order valence-corrected chi connectivity index (χ0v) is 10.9. The first-order valence-electron chi connectivity index (χ1n) is 6.14. The number of nitrogens with one attached hydrogen (secondary N) is 2. The van der Waals surface area contributed by atoms with Crippen LogP contribution in [-0.2, 0) is 9.53 Å². The van der Waals surface area contributed by atoms with Crippen LogP contribution in [0, 0.1) is 6.92 Å². The van der Waals surface area contributed by atoms with Gasteiger partial charge in [-0.1, -0.05) is 18.2 Å². The predicted octanol–water partition coefficient (Wildman–Crippen LogP) is 1.77. The number of aromatic amines is 1. The number of hydrogen-bond donors (Lipinski definition) is 2. The van der Waals surface area contributed by atoms with Crippen LogP contribution in [0.5, 0.6) is 0 Å². The van der Waals surface area contributed by atoms with Gasteiger partial charge in [0.2, 0.25) is 0 Å². The summed E-state index contributed by atoms with van der Waals surface area (Å²) in [7, 11) is 0. The van der Waals surface area contributed by atoms with Crippen LogP contribution in [-0.4, -0.2) is 30.0 Å². The molecule has 0 aliphatic carbocycles. The molecule has 2 aromatic rings. The highest BCUT2D eigenvalue weighted by Gasteiger charge is 2.16. The average Bonchev–Trinajstić information content (AvgIpc) is 2.72. The number of amides is 1. The van der Waals surface area contributed by atoms with Gasteiger partial charge in [-0.2, -0.15) is 0 Å². The van der Waals surface area contributed by atoms with Crippen LogP contribution in [0.15, 0.2) is 24.3 Å². The van der Waals surface area contributed by atoms with Gasteiger partial charge in [0, 0.05) is 16.6 Å². The normalized spacial score (nSPS) is 10.4. The Bertz CT molecular complexity index is 616. The lowest BCUT2D eigenvalue weighted by Crippen LogP contribution is -2.30. The number of para-hydroxylation sites is 1.